The van der Waals surface area contributed by atoms with Crippen molar-refractivity contribution in [3.8, 4) is 5.75 Å². The second kappa shape index (κ2) is 9.71. The minimum absolute atomic E-state index is 0.00915. The van der Waals surface area contributed by atoms with Gasteiger partial charge in [0.25, 0.3) is 11.8 Å². The molecule has 2 amide bonds. The molecule has 27 heavy (non-hydrogen) atoms. The van der Waals surface area contributed by atoms with Gasteiger partial charge in [0.15, 0.2) is 0 Å². The van der Waals surface area contributed by atoms with Crippen molar-refractivity contribution in [2.45, 2.75) is 40.2 Å². The molecule has 0 aliphatic carbocycles. The lowest BCUT2D eigenvalue weighted by atomic mass is 10.1. The molecule has 1 aromatic heterocycles. The highest BCUT2D eigenvalue weighted by Gasteiger charge is 2.14. The largest absolute Gasteiger partial charge is 0.489 e. The normalized spacial score (nSPS) is 10.7. The standard InChI is InChI=1S/C21H27N3O3/c1-14(2)9-11-23-21(26)18-13-16(10-12-22-18)20(25)24-17-7-5-6-8-19(17)27-15(3)4/h5-8,10,12-15H,9,11H2,1-4H3,(H,23,26)(H,24,25). The number of pyridine rings is 1. The van der Waals surface area contributed by atoms with Crippen molar-refractivity contribution in [2.75, 3.05) is 11.9 Å². The van der Waals surface area contributed by atoms with Crippen LogP contribution < -0.4 is 15.4 Å². The lowest BCUT2D eigenvalue weighted by Crippen LogP contribution is -2.26. The van der Waals surface area contributed by atoms with Crippen molar-refractivity contribution in [2.24, 2.45) is 5.92 Å². The van der Waals surface area contributed by atoms with E-state index in [0.717, 1.165) is 6.42 Å². The fourth-order valence-electron chi connectivity index (χ4n) is 2.38. The summed E-state index contributed by atoms with van der Waals surface area (Å²) in [5, 5.41) is 5.66. The Hall–Kier alpha value is -2.89. The van der Waals surface area contributed by atoms with Crippen LogP contribution in [0.1, 0.15) is 55.0 Å². The number of aromatic nitrogens is 1. The molecule has 6 heteroatoms. The number of nitrogens with zero attached hydrogens (tertiary/aromatic N) is 1. The number of anilines is 1. The molecule has 0 fully saturated rings. The Morgan fingerprint density at radius 2 is 1.81 bits per heavy atom. The van der Waals surface area contributed by atoms with Crippen LogP contribution in [-0.2, 0) is 0 Å². The summed E-state index contributed by atoms with van der Waals surface area (Å²) in [6, 6.07) is 10.3. The summed E-state index contributed by atoms with van der Waals surface area (Å²) in [6.45, 7) is 8.61. The van der Waals surface area contributed by atoms with Crippen LogP contribution in [-0.4, -0.2) is 29.4 Å². The highest BCUT2D eigenvalue weighted by molar-refractivity contribution is 6.06. The minimum Gasteiger partial charge on any atom is -0.489 e. The van der Waals surface area contributed by atoms with E-state index in [1.165, 1.54) is 12.3 Å². The van der Waals surface area contributed by atoms with Crippen LogP contribution in [0.5, 0.6) is 5.75 Å². The van der Waals surface area contributed by atoms with Crippen molar-refractivity contribution < 1.29 is 14.3 Å². The van der Waals surface area contributed by atoms with E-state index in [1.807, 2.05) is 26.0 Å². The molecule has 0 atom stereocenters. The monoisotopic (exact) mass is 369 g/mol. The third-order valence-corrected chi connectivity index (χ3v) is 3.76. The van der Waals surface area contributed by atoms with Crippen LogP contribution in [0.4, 0.5) is 5.69 Å². The van der Waals surface area contributed by atoms with E-state index in [1.54, 1.807) is 18.2 Å². The number of hydrogen-bond acceptors (Lipinski definition) is 4. The molecule has 0 unspecified atom stereocenters. The maximum atomic E-state index is 12.6. The molecular weight excluding hydrogens is 342 g/mol. The molecule has 0 saturated heterocycles. The fraction of sp³-hybridized carbons (Fsp3) is 0.381. The number of nitrogens with one attached hydrogen (secondary N) is 2. The van der Waals surface area contributed by atoms with E-state index in [0.29, 0.717) is 29.5 Å². The summed E-state index contributed by atoms with van der Waals surface area (Å²) in [6.07, 6.45) is 2.34. The van der Waals surface area contributed by atoms with E-state index >= 15 is 0 Å². The molecular formula is C21H27N3O3. The molecule has 2 aromatic rings. The van der Waals surface area contributed by atoms with Crippen molar-refractivity contribution >= 4 is 17.5 Å². The summed E-state index contributed by atoms with van der Waals surface area (Å²) in [5.74, 6) is 0.493. The first-order valence-electron chi connectivity index (χ1n) is 9.18. The maximum absolute atomic E-state index is 12.6. The summed E-state index contributed by atoms with van der Waals surface area (Å²) in [4.78, 5) is 28.9. The van der Waals surface area contributed by atoms with Crippen molar-refractivity contribution in [1.29, 1.82) is 0 Å². The maximum Gasteiger partial charge on any atom is 0.269 e. The van der Waals surface area contributed by atoms with E-state index < -0.39 is 0 Å². The van der Waals surface area contributed by atoms with Gasteiger partial charge in [0.1, 0.15) is 11.4 Å². The summed E-state index contributed by atoms with van der Waals surface area (Å²) in [5.41, 5.74) is 1.16. The predicted molar refractivity (Wildman–Crippen MR) is 106 cm³/mol. The number of benzene rings is 1. The van der Waals surface area contributed by atoms with Gasteiger partial charge in [-0.3, -0.25) is 14.6 Å². The highest BCUT2D eigenvalue weighted by atomic mass is 16.5. The zero-order chi connectivity index (χ0) is 19.8. The Morgan fingerprint density at radius 1 is 1.07 bits per heavy atom. The zero-order valence-electron chi connectivity index (χ0n) is 16.3. The van der Waals surface area contributed by atoms with Crippen LogP contribution in [0, 0.1) is 5.92 Å². The smallest absolute Gasteiger partial charge is 0.269 e. The Labute approximate surface area is 160 Å². The van der Waals surface area contributed by atoms with Crippen LogP contribution in [0.15, 0.2) is 42.6 Å². The van der Waals surface area contributed by atoms with Crippen LogP contribution in [0.25, 0.3) is 0 Å². The van der Waals surface area contributed by atoms with Crippen LogP contribution in [0.2, 0.25) is 0 Å². The van der Waals surface area contributed by atoms with Crippen LogP contribution >= 0.6 is 0 Å². The summed E-state index contributed by atoms with van der Waals surface area (Å²) < 4.78 is 5.72. The van der Waals surface area contributed by atoms with E-state index in [-0.39, 0.29) is 23.6 Å². The van der Waals surface area contributed by atoms with Crippen molar-refractivity contribution in [1.82, 2.24) is 10.3 Å². The first kappa shape index (κ1) is 20.4. The first-order chi connectivity index (χ1) is 12.9. The quantitative estimate of drug-likeness (QED) is 0.740. The molecule has 0 saturated carbocycles. The molecule has 1 heterocycles. The summed E-state index contributed by atoms with van der Waals surface area (Å²) >= 11 is 0. The molecule has 0 spiro atoms. The van der Waals surface area contributed by atoms with Gasteiger partial charge in [-0.2, -0.15) is 0 Å². The molecule has 6 nitrogen and oxygen atoms in total. The van der Waals surface area contributed by atoms with Gasteiger partial charge in [-0.15, -0.1) is 0 Å². The average molecular weight is 369 g/mol. The number of hydrogen-bond donors (Lipinski definition) is 2. The number of ether oxygens (including phenoxy) is 1. The lowest BCUT2D eigenvalue weighted by Gasteiger charge is -2.15. The number of para-hydroxylation sites is 2. The van der Waals surface area contributed by atoms with Gasteiger partial charge in [-0.25, -0.2) is 0 Å². The molecule has 2 rings (SSSR count). The first-order valence-corrected chi connectivity index (χ1v) is 9.18. The highest BCUT2D eigenvalue weighted by Crippen LogP contribution is 2.25. The molecule has 0 aliphatic rings. The SMILES string of the molecule is CC(C)CCNC(=O)c1cc(C(=O)Nc2ccccc2OC(C)C)ccn1. The predicted octanol–water partition coefficient (Wildman–Crippen LogP) is 3.90. The van der Waals surface area contributed by atoms with Gasteiger partial charge in [0, 0.05) is 18.3 Å². The average Bonchev–Trinajstić information content (AvgIpc) is 2.62. The summed E-state index contributed by atoms with van der Waals surface area (Å²) in [7, 11) is 0. The molecule has 2 N–H and O–H groups in total. The second-order valence-electron chi connectivity index (χ2n) is 6.99. The second-order valence-corrected chi connectivity index (χ2v) is 6.99. The van der Waals surface area contributed by atoms with Gasteiger partial charge in [-0.05, 0) is 50.5 Å². The van der Waals surface area contributed by atoms with E-state index in [9.17, 15) is 9.59 Å². The van der Waals surface area contributed by atoms with Gasteiger partial charge in [0.2, 0.25) is 0 Å². The van der Waals surface area contributed by atoms with E-state index in [2.05, 4.69) is 29.5 Å². The third-order valence-electron chi connectivity index (χ3n) is 3.76. The zero-order valence-corrected chi connectivity index (χ0v) is 16.3. The van der Waals surface area contributed by atoms with Crippen molar-refractivity contribution in [3.63, 3.8) is 0 Å². The molecule has 0 bridgehead atoms. The van der Waals surface area contributed by atoms with Crippen LogP contribution in [0.3, 0.4) is 0 Å². The Balaban J connectivity index is 2.08. The fourth-order valence-corrected chi connectivity index (χ4v) is 2.38. The minimum atomic E-state index is -0.326. The van der Waals surface area contributed by atoms with Crippen molar-refractivity contribution in [3.05, 3.63) is 53.9 Å². The number of amides is 2. The number of rotatable bonds is 8. The van der Waals surface area contributed by atoms with Gasteiger partial charge in [-0.1, -0.05) is 26.0 Å². The van der Waals surface area contributed by atoms with E-state index in [4.69, 9.17) is 4.74 Å². The Morgan fingerprint density at radius 3 is 2.52 bits per heavy atom. The third kappa shape index (κ3) is 6.40. The van der Waals surface area contributed by atoms with Gasteiger partial charge >= 0.3 is 0 Å². The van der Waals surface area contributed by atoms with Gasteiger partial charge in [0.05, 0.1) is 11.8 Å². The topological polar surface area (TPSA) is 80.3 Å². The number of carbonyl (C=O) groups excluding carboxylic acids is 2. The van der Waals surface area contributed by atoms with Gasteiger partial charge < -0.3 is 15.4 Å². The molecule has 1 aromatic carbocycles. The molecule has 0 radical (unpaired) electrons. The Bertz CT molecular complexity index is 788. The lowest BCUT2D eigenvalue weighted by molar-refractivity contribution is 0.0947. The number of carbonyl (C=O) groups is 2. The Kier molecular flexibility index (Phi) is 7.34. The molecule has 144 valence electrons. The molecule has 0 aliphatic heterocycles.